The zero-order valence-electron chi connectivity index (χ0n) is 8.96. The van der Waals surface area contributed by atoms with E-state index in [-0.39, 0.29) is 0 Å². The molecule has 15 heavy (non-hydrogen) atoms. The Balaban J connectivity index is 2.29. The van der Waals surface area contributed by atoms with E-state index in [0.717, 1.165) is 35.8 Å². The third-order valence-corrected chi connectivity index (χ3v) is 2.26. The smallest absolute Gasteiger partial charge is 0.179 e. The van der Waals surface area contributed by atoms with Gasteiger partial charge in [-0.2, -0.15) is 0 Å². The number of nitrogens with zero attached hydrogens (tertiary/aromatic N) is 2. The topological polar surface area (TPSA) is 65.6 Å². The summed E-state index contributed by atoms with van der Waals surface area (Å²) in [5.74, 6) is 1.81. The molecule has 5 nitrogen and oxygen atoms in total. The van der Waals surface area contributed by atoms with Crippen LogP contribution in [0.5, 0.6) is 0 Å². The van der Waals surface area contributed by atoms with E-state index in [1.807, 2.05) is 26.2 Å². The molecule has 0 aliphatic heterocycles. The minimum absolute atomic E-state index is 0.771. The molecular weight excluding hydrogens is 190 g/mol. The molecular formula is C10H15N5. The molecule has 0 radical (unpaired) electrons. The Morgan fingerprint density at radius 3 is 2.87 bits per heavy atom. The van der Waals surface area contributed by atoms with Crippen LogP contribution in [-0.4, -0.2) is 35.6 Å². The lowest BCUT2D eigenvalue weighted by Gasteiger charge is -1.95. The van der Waals surface area contributed by atoms with Crippen LogP contribution in [0, 0.1) is 0 Å². The van der Waals surface area contributed by atoms with Gasteiger partial charge < -0.3 is 15.6 Å². The number of anilines is 1. The lowest BCUT2D eigenvalue weighted by atomic mass is 10.4. The van der Waals surface area contributed by atoms with Crippen LogP contribution in [0.3, 0.4) is 0 Å². The highest BCUT2D eigenvalue weighted by Crippen LogP contribution is 2.12. The first kappa shape index (κ1) is 9.92. The average Bonchev–Trinajstić information content (AvgIpc) is 2.67. The summed E-state index contributed by atoms with van der Waals surface area (Å²) in [6.45, 7) is 0.915. The fourth-order valence-corrected chi connectivity index (χ4v) is 1.44. The maximum Gasteiger partial charge on any atom is 0.179 e. The first-order valence-electron chi connectivity index (χ1n) is 5.01. The van der Waals surface area contributed by atoms with Crippen molar-refractivity contribution in [3.8, 4) is 0 Å². The zero-order valence-corrected chi connectivity index (χ0v) is 8.96. The Morgan fingerprint density at radius 2 is 2.13 bits per heavy atom. The van der Waals surface area contributed by atoms with Crippen LogP contribution in [0.15, 0.2) is 12.1 Å². The van der Waals surface area contributed by atoms with Crippen LogP contribution in [0.1, 0.15) is 5.82 Å². The third-order valence-electron chi connectivity index (χ3n) is 2.26. The number of imidazole rings is 1. The van der Waals surface area contributed by atoms with Crippen molar-refractivity contribution in [3.05, 3.63) is 18.0 Å². The SMILES string of the molecule is CNCCc1nc2nc(NC)ccc2[nH]1. The van der Waals surface area contributed by atoms with Gasteiger partial charge in [0.05, 0.1) is 5.52 Å². The molecule has 2 heterocycles. The van der Waals surface area contributed by atoms with Gasteiger partial charge in [-0.05, 0) is 19.2 Å². The van der Waals surface area contributed by atoms with Crippen LogP contribution >= 0.6 is 0 Å². The Labute approximate surface area is 88.3 Å². The summed E-state index contributed by atoms with van der Waals surface area (Å²) in [6, 6.07) is 3.92. The lowest BCUT2D eigenvalue weighted by molar-refractivity contribution is 0.766. The number of fused-ring (bicyclic) bond motifs is 1. The minimum atomic E-state index is 0.771. The van der Waals surface area contributed by atoms with Gasteiger partial charge in [0.25, 0.3) is 0 Å². The van der Waals surface area contributed by atoms with Gasteiger partial charge in [0.1, 0.15) is 11.6 Å². The summed E-state index contributed by atoms with van der Waals surface area (Å²) < 4.78 is 0. The van der Waals surface area contributed by atoms with Crippen molar-refractivity contribution in [3.63, 3.8) is 0 Å². The molecule has 0 saturated carbocycles. The molecule has 0 aromatic carbocycles. The Hall–Kier alpha value is -1.62. The molecule has 0 aliphatic carbocycles. The summed E-state index contributed by atoms with van der Waals surface area (Å²) in [5, 5.41) is 6.08. The summed E-state index contributed by atoms with van der Waals surface area (Å²) in [5.41, 5.74) is 1.76. The normalized spacial score (nSPS) is 10.8. The molecule has 0 spiro atoms. The van der Waals surface area contributed by atoms with E-state index < -0.39 is 0 Å². The number of hydrogen-bond donors (Lipinski definition) is 3. The van der Waals surface area contributed by atoms with Crippen molar-refractivity contribution in [2.45, 2.75) is 6.42 Å². The lowest BCUT2D eigenvalue weighted by Crippen LogP contribution is -2.10. The van der Waals surface area contributed by atoms with Gasteiger partial charge in [0, 0.05) is 20.0 Å². The number of pyridine rings is 1. The zero-order chi connectivity index (χ0) is 10.7. The first-order chi connectivity index (χ1) is 7.33. The highest BCUT2D eigenvalue weighted by atomic mass is 15.0. The molecule has 2 aromatic heterocycles. The van der Waals surface area contributed by atoms with E-state index in [0.29, 0.717) is 0 Å². The predicted octanol–water partition coefficient (Wildman–Crippen LogP) is 0.761. The highest BCUT2D eigenvalue weighted by Gasteiger charge is 2.03. The van der Waals surface area contributed by atoms with Crippen molar-refractivity contribution in [1.82, 2.24) is 20.3 Å². The van der Waals surface area contributed by atoms with Gasteiger partial charge in [-0.1, -0.05) is 0 Å². The minimum Gasteiger partial charge on any atom is -0.373 e. The van der Waals surface area contributed by atoms with E-state index in [2.05, 4.69) is 25.6 Å². The fourth-order valence-electron chi connectivity index (χ4n) is 1.44. The number of aromatic nitrogens is 3. The van der Waals surface area contributed by atoms with E-state index in [1.54, 1.807) is 0 Å². The van der Waals surface area contributed by atoms with Crippen LogP contribution in [-0.2, 0) is 6.42 Å². The van der Waals surface area contributed by atoms with Gasteiger partial charge in [-0.25, -0.2) is 9.97 Å². The van der Waals surface area contributed by atoms with Crippen LogP contribution in [0.25, 0.3) is 11.2 Å². The first-order valence-corrected chi connectivity index (χ1v) is 5.01. The number of aromatic amines is 1. The number of rotatable bonds is 4. The van der Waals surface area contributed by atoms with Crippen molar-refractivity contribution < 1.29 is 0 Å². The van der Waals surface area contributed by atoms with Gasteiger partial charge >= 0.3 is 0 Å². The monoisotopic (exact) mass is 205 g/mol. The maximum absolute atomic E-state index is 4.41. The number of hydrogen-bond acceptors (Lipinski definition) is 4. The Kier molecular flexibility index (Phi) is 2.82. The van der Waals surface area contributed by atoms with Gasteiger partial charge in [-0.15, -0.1) is 0 Å². The van der Waals surface area contributed by atoms with E-state index >= 15 is 0 Å². The summed E-state index contributed by atoms with van der Waals surface area (Å²) in [4.78, 5) is 12.0. The number of nitrogens with one attached hydrogen (secondary N) is 3. The highest BCUT2D eigenvalue weighted by molar-refractivity contribution is 5.72. The Bertz CT molecular complexity index is 448. The predicted molar refractivity (Wildman–Crippen MR) is 61.1 cm³/mol. The third kappa shape index (κ3) is 2.07. The van der Waals surface area contributed by atoms with Crippen molar-refractivity contribution in [1.29, 1.82) is 0 Å². The summed E-state index contributed by atoms with van der Waals surface area (Å²) in [6.07, 6.45) is 0.891. The Morgan fingerprint density at radius 1 is 1.27 bits per heavy atom. The second kappa shape index (κ2) is 4.27. The van der Waals surface area contributed by atoms with Crippen LogP contribution in [0.2, 0.25) is 0 Å². The second-order valence-corrected chi connectivity index (χ2v) is 3.35. The molecule has 0 aliphatic rings. The molecule has 80 valence electrons. The van der Waals surface area contributed by atoms with E-state index in [4.69, 9.17) is 0 Å². The molecule has 0 fully saturated rings. The van der Waals surface area contributed by atoms with E-state index in [9.17, 15) is 0 Å². The van der Waals surface area contributed by atoms with Gasteiger partial charge in [0.15, 0.2) is 5.65 Å². The molecule has 0 amide bonds. The second-order valence-electron chi connectivity index (χ2n) is 3.35. The summed E-state index contributed by atoms with van der Waals surface area (Å²) in [7, 11) is 3.78. The molecule has 2 aromatic rings. The molecule has 5 heteroatoms. The largest absolute Gasteiger partial charge is 0.373 e. The molecule has 0 saturated heterocycles. The van der Waals surface area contributed by atoms with E-state index in [1.165, 1.54) is 0 Å². The van der Waals surface area contributed by atoms with Gasteiger partial charge in [0.2, 0.25) is 0 Å². The standard InChI is InChI=1S/C10H15N5/c1-11-6-5-9-13-7-3-4-8(12-2)14-10(7)15-9/h3-4,11H,5-6H2,1-2H3,(H2,12,13,14,15). The maximum atomic E-state index is 4.41. The molecule has 0 atom stereocenters. The number of H-pyrrole nitrogens is 1. The fraction of sp³-hybridized carbons (Fsp3) is 0.400. The van der Waals surface area contributed by atoms with Crippen LogP contribution < -0.4 is 10.6 Å². The molecule has 0 unspecified atom stereocenters. The van der Waals surface area contributed by atoms with Crippen LogP contribution in [0.4, 0.5) is 5.82 Å². The van der Waals surface area contributed by atoms with Crippen molar-refractivity contribution in [2.75, 3.05) is 26.0 Å². The number of likely N-dealkylation sites (N-methyl/N-ethyl adjacent to an activating group) is 1. The summed E-state index contributed by atoms with van der Waals surface area (Å²) >= 11 is 0. The average molecular weight is 205 g/mol. The van der Waals surface area contributed by atoms with Crippen molar-refractivity contribution >= 4 is 17.0 Å². The molecule has 0 bridgehead atoms. The molecule has 2 rings (SSSR count). The molecule has 3 N–H and O–H groups in total. The van der Waals surface area contributed by atoms with Gasteiger partial charge in [-0.3, -0.25) is 0 Å². The van der Waals surface area contributed by atoms with Crippen molar-refractivity contribution in [2.24, 2.45) is 0 Å². The quantitative estimate of drug-likeness (QED) is 0.689.